The van der Waals surface area contributed by atoms with Crippen LogP contribution in [-0.4, -0.2) is 8.42 Å². The molecule has 3 nitrogen and oxygen atoms in total. The molecule has 0 spiro atoms. The maximum absolute atomic E-state index is 11.1. The molecule has 0 aliphatic rings. The van der Waals surface area contributed by atoms with Crippen LogP contribution in [0.15, 0.2) is 11.0 Å². The molecule has 0 saturated heterocycles. The summed E-state index contributed by atoms with van der Waals surface area (Å²) in [5.41, 5.74) is -0.246. The molecule has 0 N–H and O–H groups in total. The summed E-state index contributed by atoms with van der Waals surface area (Å²) in [6.45, 7) is 0. The third-order valence-corrected chi connectivity index (χ3v) is 4.23. The molecule has 0 aliphatic heterocycles. The quantitative estimate of drug-likeness (QED) is 0.590. The van der Waals surface area contributed by atoms with Crippen LogP contribution in [0.25, 0.3) is 0 Å². The minimum absolute atomic E-state index is 0.0118. The smallest absolute Gasteiger partial charge is 0.207 e. The first-order chi connectivity index (χ1) is 6.79. The zero-order valence-corrected chi connectivity index (χ0v) is 10.6. The van der Waals surface area contributed by atoms with E-state index in [2.05, 4.69) is 0 Å². The third kappa shape index (κ3) is 2.49. The maximum Gasteiger partial charge on any atom is 0.264 e. The first kappa shape index (κ1) is 12.9. The van der Waals surface area contributed by atoms with Crippen molar-refractivity contribution < 1.29 is 8.42 Å². The van der Waals surface area contributed by atoms with Crippen molar-refractivity contribution in [3.8, 4) is 6.07 Å². The fourth-order valence-corrected chi connectivity index (χ4v) is 3.15. The van der Waals surface area contributed by atoms with E-state index >= 15 is 0 Å². The zero-order chi connectivity index (χ0) is 11.8. The van der Waals surface area contributed by atoms with Crippen LogP contribution in [0.2, 0.25) is 15.1 Å². The summed E-state index contributed by atoms with van der Waals surface area (Å²) in [7, 11) is 0.966. The van der Waals surface area contributed by atoms with E-state index < -0.39 is 13.9 Å². The highest BCUT2D eigenvalue weighted by Crippen LogP contribution is 2.38. The Balaban J connectivity index is 3.81. The molecular formula is C7HCl4NO2S. The fraction of sp³-hybridized carbons (Fsp3) is 0. The van der Waals surface area contributed by atoms with Crippen molar-refractivity contribution in [1.29, 1.82) is 5.26 Å². The lowest BCUT2D eigenvalue weighted by molar-refractivity contribution is 0.609. The van der Waals surface area contributed by atoms with Crippen LogP contribution in [0.1, 0.15) is 5.56 Å². The van der Waals surface area contributed by atoms with Gasteiger partial charge < -0.3 is 0 Å². The Bertz CT molecular complexity index is 561. The molecule has 0 amide bonds. The van der Waals surface area contributed by atoms with E-state index in [1.54, 1.807) is 6.07 Å². The van der Waals surface area contributed by atoms with Crippen molar-refractivity contribution in [3.05, 3.63) is 26.7 Å². The van der Waals surface area contributed by atoms with Gasteiger partial charge in [0.05, 0.1) is 20.6 Å². The van der Waals surface area contributed by atoms with Crippen LogP contribution in [0.4, 0.5) is 0 Å². The molecule has 0 unspecified atom stereocenters. The van der Waals surface area contributed by atoms with Gasteiger partial charge in [-0.25, -0.2) is 8.42 Å². The summed E-state index contributed by atoms with van der Waals surface area (Å²) in [6.07, 6.45) is 0. The Morgan fingerprint density at radius 3 is 2.13 bits per heavy atom. The SMILES string of the molecule is N#Cc1cc(Cl)c(Cl)c(Cl)c1S(=O)(=O)Cl. The summed E-state index contributed by atoms with van der Waals surface area (Å²) in [4.78, 5) is -0.525. The molecule has 8 heteroatoms. The number of benzene rings is 1. The summed E-state index contributed by atoms with van der Waals surface area (Å²) in [5.74, 6) is 0. The van der Waals surface area contributed by atoms with E-state index in [1.165, 1.54) is 0 Å². The van der Waals surface area contributed by atoms with Gasteiger partial charge in [-0.15, -0.1) is 0 Å². The van der Waals surface area contributed by atoms with Gasteiger partial charge in [0.1, 0.15) is 11.0 Å². The first-order valence-corrected chi connectivity index (χ1v) is 6.75. The van der Waals surface area contributed by atoms with E-state index in [0.717, 1.165) is 6.07 Å². The van der Waals surface area contributed by atoms with Gasteiger partial charge in [-0.2, -0.15) is 5.26 Å². The molecule has 0 atom stereocenters. The van der Waals surface area contributed by atoms with Gasteiger partial charge in [-0.3, -0.25) is 0 Å². The molecule has 1 rings (SSSR count). The Kier molecular flexibility index (Phi) is 3.75. The van der Waals surface area contributed by atoms with Gasteiger partial charge in [0.25, 0.3) is 9.05 Å². The lowest BCUT2D eigenvalue weighted by Crippen LogP contribution is -1.97. The summed E-state index contributed by atoms with van der Waals surface area (Å²) in [5, 5.41) is 8.17. The largest absolute Gasteiger partial charge is 0.264 e. The second-order valence-electron chi connectivity index (χ2n) is 2.41. The van der Waals surface area contributed by atoms with E-state index in [1.807, 2.05) is 0 Å². The summed E-state index contributed by atoms with van der Waals surface area (Å²) in [6, 6.07) is 2.71. The van der Waals surface area contributed by atoms with Crippen LogP contribution in [-0.2, 0) is 9.05 Å². The highest BCUT2D eigenvalue weighted by Gasteiger charge is 2.24. The molecule has 1 aromatic carbocycles. The van der Waals surface area contributed by atoms with Crippen molar-refractivity contribution in [2.45, 2.75) is 4.90 Å². The first-order valence-electron chi connectivity index (χ1n) is 3.31. The van der Waals surface area contributed by atoms with Crippen LogP contribution >= 0.6 is 45.5 Å². The normalized spacial score (nSPS) is 11.1. The molecule has 0 fully saturated rings. The molecule has 0 aromatic heterocycles. The van der Waals surface area contributed by atoms with Crippen molar-refractivity contribution >= 4 is 54.5 Å². The molecule has 0 aliphatic carbocycles. The monoisotopic (exact) mass is 303 g/mol. The molecule has 0 bridgehead atoms. The zero-order valence-electron chi connectivity index (χ0n) is 6.76. The molecule has 0 radical (unpaired) electrons. The molecule has 1 aromatic rings. The Hall–Kier alpha value is -0.180. The van der Waals surface area contributed by atoms with Gasteiger partial charge >= 0.3 is 0 Å². The van der Waals surface area contributed by atoms with E-state index in [9.17, 15) is 8.42 Å². The number of nitrogens with zero attached hydrogens (tertiary/aromatic N) is 1. The van der Waals surface area contributed by atoms with Crippen molar-refractivity contribution in [2.75, 3.05) is 0 Å². The second kappa shape index (κ2) is 4.36. The number of rotatable bonds is 1. The lowest BCUT2D eigenvalue weighted by atomic mass is 10.2. The maximum atomic E-state index is 11.1. The minimum Gasteiger partial charge on any atom is -0.207 e. The number of halogens is 4. The second-order valence-corrected chi connectivity index (χ2v) is 6.08. The van der Waals surface area contributed by atoms with Crippen LogP contribution in [0.3, 0.4) is 0 Å². The summed E-state index contributed by atoms with van der Waals surface area (Å²) < 4.78 is 22.3. The average Bonchev–Trinajstić information content (AvgIpc) is 2.11. The molecule has 15 heavy (non-hydrogen) atoms. The van der Waals surface area contributed by atoms with Gasteiger partial charge in [0.2, 0.25) is 0 Å². The Labute approximate surface area is 106 Å². The fourth-order valence-electron chi connectivity index (χ4n) is 0.900. The molecule has 0 heterocycles. The molecular weight excluding hydrogens is 304 g/mol. The number of hydrogen-bond donors (Lipinski definition) is 0. The number of hydrogen-bond acceptors (Lipinski definition) is 3. The standard InChI is InChI=1S/C7HCl4NO2S/c8-4-1-3(2-12)7(15(11,13)14)6(10)5(4)9/h1H. The number of nitriles is 1. The lowest BCUT2D eigenvalue weighted by Gasteiger charge is -2.06. The predicted octanol–water partition coefficient (Wildman–Crippen LogP) is 3.45. The van der Waals surface area contributed by atoms with Crippen LogP contribution in [0, 0.1) is 11.3 Å². The average molecular weight is 305 g/mol. The van der Waals surface area contributed by atoms with Gasteiger partial charge in [0, 0.05) is 10.7 Å². The van der Waals surface area contributed by atoms with E-state index in [0.29, 0.717) is 0 Å². The highest BCUT2D eigenvalue weighted by molar-refractivity contribution is 8.13. The van der Waals surface area contributed by atoms with Gasteiger partial charge in [0.15, 0.2) is 0 Å². The topological polar surface area (TPSA) is 57.9 Å². The predicted molar refractivity (Wildman–Crippen MR) is 59.2 cm³/mol. The van der Waals surface area contributed by atoms with Gasteiger partial charge in [-0.1, -0.05) is 34.8 Å². The van der Waals surface area contributed by atoms with Crippen LogP contribution in [0.5, 0.6) is 0 Å². The van der Waals surface area contributed by atoms with E-state index in [-0.39, 0.29) is 20.6 Å². The third-order valence-electron chi connectivity index (χ3n) is 1.48. The molecule has 0 saturated carbocycles. The minimum atomic E-state index is -4.14. The Morgan fingerprint density at radius 2 is 1.73 bits per heavy atom. The highest BCUT2D eigenvalue weighted by atomic mass is 35.7. The summed E-state index contributed by atoms with van der Waals surface area (Å²) >= 11 is 16.9. The van der Waals surface area contributed by atoms with Crippen molar-refractivity contribution in [2.24, 2.45) is 0 Å². The van der Waals surface area contributed by atoms with Crippen molar-refractivity contribution in [1.82, 2.24) is 0 Å². The van der Waals surface area contributed by atoms with Gasteiger partial charge in [-0.05, 0) is 6.07 Å². The Morgan fingerprint density at radius 1 is 1.20 bits per heavy atom. The van der Waals surface area contributed by atoms with Crippen LogP contribution < -0.4 is 0 Å². The van der Waals surface area contributed by atoms with E-state index in [4.69, 9.17) is 50.7 Å². The molecule has 80 valence electrons. The van der Waals surface area contributed by atoms with Crippen molar-refractivity contribution in [3.63, 3.8) is 0 Å².